The molecule has 23 heavy (non-hydrogen) atoms. The van der Waals surface area contributed by atoms with E-state index in [9.17, 15) is 0 Å². The van der Waals surface area contributed by atoms with Crippen LogP contribution in [-0.2, 0) is 6.54 Å². The molecule has 1 aliphatic heterocycles. The largest absolute Gasteiger partial charge is 0.355 e. The van der Waals surface area contributed by atoms with Gasteiger partial charge in [-0.1, -0.05) is 42.5 Å². The summed E-state index contributed by atoms with van der Waals surface area (Å²) in [5.74, 6) is 2.19. The maximum atomic E-state index is 4.33. The molecular weight excluding hydrogens is 417 g/mol. The molecular formula is C18H24IN3S. The van der Waals surface area contributed by atoms with Crippen LogP contribution in [0.15, 0.2) is 47.5 Å². The molecule has 5 heteroatoms. The van der Waals surface area contributed by atoms with E-state index in [2.05, 4.69) is 69.9 Å². The first-order valence-electron chi connectivity index (χ1n) is 7.89. The van der Waals surface area contributed by atoms with E-state index in [4.69, 9.17) is 0 Å². The van der Waals surface area contributed by atoms with Crippen molar-refractivity contribution in [3.63, 3.8) is 0 Å². The van der Waals surface area contributed by atoms with Gasteiger partial charge in [0.05, 0.1) is 0 Å². The second-order valence-electron chi connectivity index (χ2n) is 5.58. The maximum absolute atomic E-state index is 4.33. The Bertz CT molecular complexity index is 648. The van der Waals surface area contributed by atoms with Crippen molar-refractivity contribution in [3.05, 3.63) is 48.0 Å². The van der Waals surface area contributed by atoms with Crippen LogP contribution < -0.4 is 10.6 Å². The second-order valence-corrected chi connectivity index (χ2v) is 6.99. The molecule has 1 aliphatic rings. The number of hydrogen-bond acceptors (Lipinski definition) is 2. The Hall–Kier alpha value is -0.950. The second kappa shape index (κ2) is 9.37. The number of nitrogens with one attached hydrogen (secondary N) is 2. The van der Waals surface area contributed by atoms with Crippen molar-refractivity contribution in [1.29, 1.82) is 0 Å². The summed E-state index contributed by atoms with van der Waals surface area (Å²) in [5.41, 5.74) is 1.30. The van der Waals surface area contributed by atoms with Crippen LogP contribution in [0, 0.1) is 0 Å². The average molecular weight is 441 g/mol. The quantitative estimate of drug-likeness (QED) is 0.428. The summed E-state index contributed by atoms with van der Waals surface area (Å²) in [6.45, 7) is 1.79. The van der Waals surface area contributed by atoms with Crippen molar-refractivity contribution in [2.24, 2.45) is 4.99 Å². The van der Waals surface area contributed by atoms with Gasteiger partial charge in [0.25, 0.3) is 0 Å². The highest BCUT2D eigenvalue weighted by atomic mass is 127. The fourth-order valence-electron chi connectivity index (χ4n) is 2.86. The molecule has 2 N–H and O–H groups in total. The minimum absolute atomic E-state index is 0. The lowest BCUT2D eigenvalue weighted by atomic mass is 10.0. The zero-order chi connectivity index (χ0) is 15.2. The smallest absolute Gasteiger partial charge is 0.191 e. The number of thioether (sulfide) groups is 1. The third-order valence-electron chi connectivity index (χ3n) is 4.07. The molecule has 0 spiro atoms. The first kappa shape index (κ1) is 18.4. The zero-order valence-electron chi connectivity index (χ0n) is 13.4. The van der Waals surface area contributed by atoms with Gasteiger partial charge in [0.15, 0.2) is 5.96 Å². The van der Waals surface area contributed by atoms with Crippen molar-refractivity contribution in [3.8, 4) is 0 Å². The summed E-state index contributed by atoms with van der Waals surface area (Å²) < 4.78 is 0. The summed E-state index contributed by atoms with van der Waals surface area (Å²) in [6.07, 6.45) is 2.66. The molecule has 3 rings (SSSR count). The Morgan fingerprint density at radius 1 is 1.17 bits per heavy atom. The highest BCUT2D eigenvalue weighted by Gasteiger charge is 2.15. The van der Waals surface area contributed by atoms with Gasteiger partial charge in [-0.3, -0.25) is 4.99 Å². The molecule has 1 saturated heterocycles. The van der Waals surface area contributed by atoms with E-state index in [0.717, 1.165) is 24.3 Å². The molecule has 1 fully saturated rings. The lowest BCUT2D eigenvalue weighted by molar-refractivity contribution is 0.726. The monoisotopic (exact) mass is 441 g/mol. The Kier molecular flexibility index (Phi) is 7.49. The van der Waals surface area contributed by atoms with E-state index >= 15 is 0 Å². The molecule has 3 nitrogen and oxygen atoms in total. The zero-order valence-corrected chi connectivity index (χ0v) is 16.6. The number of guanidine groups is 1. The summed E-state index contributed by atoms with van der Waals surface area (Å²) >= 11 is 2.07. The summed E-state index contributed by atoms with van der Waals surface area (Å²) in [4.78, 5) is 4.33. The van der Waals surface area contributed by atoms with Crippen LogP contribution in [0.25, 0.3) is 10.8 Å². The van der Waals surface area contributed by atoms with Crippen molar-refractivity contribution in [2.75, 3.05) is 19.3 Å². The minimum atomic E-state index is 0. The summed E-state index contributed by atoms with van der Waals surface area (Å²) in [6, 6.07) is 15.0. The van der Waals surface area contributed by atoms with Gasteiger partial charge in [-0.05, 0) is 34.9 Å². The highest BCUT2D eigenvalue weighted by Crippen LogP contribution is 2.25. The first-order chi connectivity index (χ1) is 10.9. The predicted molar refractivity (Wildman–Crippen MR) is 113 cm³/mol. The molecule has 0 radical (unpaired) electrons. The molecule has 1 unspecified atom stereocenters. The summed E-state index contributed by atoms with van der Waals surface area (Å²) in [7, 11) is 1.83. The van der Waals surface area contributed by atoms with E-state index < -0.39 is 0 Å². The average Bonchev–Trinajstić information content (AvgIpc) is 3.08. The Morgan fingerprint density at radius 2 is 2.00 bits per heavy atom. The number of halogens is 1. The van der Waals surface area contributed by atoms with Gasteiger partial charge in [-0.15, -0.1) is 24.0 Å². The van der Waals surface area contributed by atoms with Crippen molar-refractivity contribution >= 4 is 52.5 Å². The lowest BCUT2D eigenvalue weighted by Gasteiger charge is -2.15. The van der Waals surface area contributed by atoms with Crippen LogP contribution in [0.2, 0.25) is 0 Å². The molecule has 2 aromatic rings. The molecule has 124 valence electrons. The molecule has 2 aromatic carbocycles. The fraction of sp³-hybridized carbons (Fsp3) is 0.389. The van der Waals surface area contributed by atoms with Crippen LogP contribution in [-0.4, -0.2) is 30.6 Å². The SMILES string of the molecule is CN=C(NCc1cccc2ccccc12)NCC1CCCS1.I. The van der Waals surface area contributed by atoms with E-state index in [-0.39, 0.29) is 24.0 Å². The van der Waals surface area contributed by atoms with Crippen LogP contribution in [0.1, 0.15) is 18.4 Å². The van der Waals surface area contributed by atoms with Crippen LogP contribution in [0.3, 0.4) is 0 Å². The van der Waals surface area contributed by atoms with E-state index in [0.29, 0.717) is 0 Å². The van der Waals surface area contributed by atoms with E-state index in [1.807, 2.05) is 7.05 Å². The normalized spacial score (nSPS) is 17.8. The molecule has 0 bridgehead atoms. The van der Waals surface area contributed by atoms with Crippen molar-refractivity contribution < 1.29 is 0 Å². The van der Waals surface area contributed by atoms with Gasteiger partial charge in [0.1, 0.15) is 0 Å². The highest BCUT2D eigenvalue weighted by molar-refractivity contribution is 14.0. The van der Waals surface area contributed by atoms with Crippen LogP contribution >= 0.6 is 35.7 Å². The third-order valence-corrected chi connectivity index (χ3v) is 5.47. The lowest BCUT2D eigenvalue weighted by Crippen LogP contribution is -2.39. The standard InChI is InChI=1S/C18H23N3S.HI/c1-19-18(21-13-16-9-5-11-22-16)20-12-15-8-4-7-14-6-2-3-10-17(14)15;/h2-4,6-8,10,16H,5,9,11-13H2,1H3,(H2,19,20,21);1H. The van der Waals surface area contributed by atoms with Crippen molar-refractivity contribution in [2.45, 2.75) is 24.6 Å². The molecule has 0 aromatic heterocycles. The van der Waals surface area contributed by atoms with Gasteiger partial charge in [0.2, 0.25) is 0 Å². The van der Waals surface area contributed by atoms with Gasteiger partial charge >= 0.3 is 0 Å². The summed E-state index contributed by atoms with van der Waals surface area (Å²) in [5, 5.41) is 10.2. The van der Waals surface area contributed by atoms with Gasteiger partial charge in [-0.2, -0.15) is 11.8 Å². The molecule has 1 heterocycles. The molecule has 0 amide bonds. The van der Waals surface area contributed by atoms with Gasteiger partial charge in [0, 0.05) is 25.4 Å². The predicted octanol–water partition coefficient (Wildman–Crippen LogP) is 4.02. The Morgan fingerprint density at radius 3 is 2.78 bits per heavy atom. The van der Waals surface area contributed by atoms with Gasteiger partial charge < -0.3 is 10.6 Å². The Balaban J connectivity index is 0.00000192. The molecule has 0 aliphatic carbocycles. The number of fused-ring (bicyclic) bond motifs is 1. The first-order valence-corrected chi connectivity index (χ1v) is 8.94. The van der Waals surface area contributed by atoms with Crippen molar-refractivity contribution in [1.82, 2.24) is 10.6 Å². The maximum Gasteiger partial charge on any atom is 0.191 e. The topological polar surface area (TPSA) is 36.4 Å². The van der Waals surface area contributed by atoms with E-state index in [1.54, 1.807) is 0 Å². The Labute approximate surface area is 159 Å². The number of hydrogen-bond donors (Lipinski definition) is 2. The molecule has 1 atom stereocenters. The number of rotatable bonds is 4. The van der Waals surface area contributed by atoms with Crippen LogP contribution in [0.5, 0.6) is 0 Å². The fourth-order valence-corrected chi connectivity index (χ4v) is 4.06. The third kappa shape index (κ3) is 5.01. The van der Waals surface area contributed by atoms with E-state index in [1.165, 1.54) is 34.9 Å². The minimum Gasteiger partial charge on any atom is -0.355 e. The molecule has 0 saturated carbocycles. The number of benzene rings is 2. The number of nitrogens with zero attached hydrogens (tertiary/aromatic N) is 1. The number of aliphatic imine (C=N–C) groups is 1. The van der Waals surface area contributed by atoms with Crippen LogP contribution in [0.4, 0.5) is 0 Å². The van der Waals surface area contributed by atoms with Gasteiger partial charge in [-0.25, -0.2) is 0 Å².